The van der Waals surface area contributed by atoms with Gasteiger partial charge in [0, 0.05) is 31.7 Å². The fourth-order valence-corrected chi connectivity index (χ4v) is 4.99. The Labute approximate surface area is 187 Å². The molecule has 0 spiro atoms. The van der Waals surface area contributed by atoms with E-state index >= 15 is 0 Å². The first-order chi connectivity index (χ1) is 15.0. The lowest BCUT2D eigenvalue weighted by Gasteiger charge is -2.27. The molecule has 3 aromatic rings. The molecule has 2 heterocycles. The van der Waals surface area contributed by atoms with Crippen LogP contribution in [0.15, 0.2) is 36.4 Å². The van der Waals surface area contributed by atoms with E-state index in [0.29, 0.717) is 17.9 Å². The van der Waals surface area contributed by atoms with E-state index in [1.165, 1.54) is 11.1 Å². The summed E-state index contributed by atoms with van der Waals surface area (Å²) in [6.07, 6.45) is 0.879. The highest BCUT2D eigenvalue weighted by molar-refractivity contribution is 7.22. The average molecular weight is 440 g/mol. The summed E-state index contributed by atoms with van der Waals surface area (Å²) in [5.74, 6) is 0.629. The van der Waals surface area contributed by atoms with E-state index in [4.69, 9.17) is 14.5 Å². The van der Waals surface area contributed by atoms with E-state index in [0.717, 1.165) is 54.6 Å². The molecule has 31 heavy (non-hydrogen) atoms. The number of ether oxygens (including phenoxy) is 2. The standard InChI is InChI=1S/C24H29N3O3S/c1-17-14-18(2)22-21(15-17)25-24(31-22)27(9-5-8-26-10-12-30-13-11-26)23(28)19-6-4-7-20(16-19)29-3/h4,6-7,14-16H,5,8-13H2,1-3H3. The van der Waals surface area contributed by atoms with Crippen molar-refractivity contribution >= 4 is 32.6 Å². The summed E-state index contributed by atoms with van der Waals surface area (Å²) in [5.41, 5.74) is 3.94. The highest BCUT2D eigenvalue weighted by Crippen LogP contribution is 2.33. The van der Waals surface area contributed by atoms with Crippen molar-refractivity contribution in [2.75, 3.05) is 51.4 Å². The molecular formula is C24H29N3O3S. The summed E-state index contributed by atoms with van der Waals surface area (Å²) in [5, 5.41) is 0.749. The van der Waals surface area contributed by atoms with Gasteiger partial charge in [-0.05, 0) is 55.7 Å². The molecule has 1 saturated heterocycles. The van der Waals surface area contributed by atoms with E-state index in [1.807, 2.05) is 23.1 Å². The molecule has 0 radical (unpaired) electrons. The van der Waals surface area contributed by atoms with Crippen molar-refractivity contribution in [1.29, 1.82) is 0 Å². The molecule has 1 amide bonds. The molecule has 164 valence electrons. The Morgan fingerprint density at radius 2 is 2.03 bits per heavy atom. The number of anilines is 1. The number of hydrogen-bond donors (Lipinski definition) is 0. The van der Waals surface area contributed by atoms with Crippen molar-refractivity contribution in [3.05, 3.63) is 53.1 Å². The number of aryl methyl sites for hydroxylation is 2. The van der Waals surface area contributed by atoms with Gasteiger partial charge < -0.3 is 9.47 Å². The quantitative estimate of drug-likeness (QED) is 0.550. The number of thiazole rings is 1. The van der Waals surface area contributed by atoms with Gasteiger partial charge in [0.05, 0.1) is 30.5 Å². The van der Waals surface area contributed by atoms with E-state index in [1.54, 1.807) is 24.5 Å². The third kappa shape index (κ3) is 5.06. The molecule has 2 aromatic carbocycles. The number of amides is 1. The zero-order chi connectivity index (χ0) is 21.8. The molecular weight excluding hydrogens is 410 g/mol. The summed E-state index contributed by atoms with van der Waals surface area (Å²) in [7, 11) is 1.61. The zero-order valence-corrected chi connectivity index (χ0v) is 19.2. The highest BCUT2D eigenvalue weighted by Gasteiger charge is 2.23. The molecule has 6 nitrogen and oxygen atoms in total. The summed E-state index contributed by atoms with van der Waals surface area (Å²) in [4.78, 5) is 22.6. The monoisotopic (exact) mass is 439 g/mol. The van der Waals surface area contributed by atoms with Crippen LogP contribution in [0.3, 0.4) is 0 Å². The molecule has 4 rings (SSSR count). The van der Waals surface area contributed by atoms with Crippen molar-refractivity contribution in [2.24, 2.45) is 0 Å². The Morgan fingerprint density at radius 1 is 1.23 bits per heavy atom. The number of morpholine rings is 1. The number of carbonyl (C=O) groups excluding carboxylic acids is 1. The van der Waals surface area contributed by atoms with Crippen molar-refractivity contribution in [3.8, 4) is 5.75 Å². The maximum absolute atomic E-state index is 13.5. The van der Waals surface area contributed by atoms with Crippen LogP contribution >= 0.6 is 11.3 Å². The normalized spacial score (nSPS) is 14.7. The second kappa shape index (κ2) is 9.77. The van der Waals surface area contributed by atoms with Gasteiger partial charge in [0.1, 0.15) is 5.75 Å². The van der Waals surface area contributed by atoms with E-state index in [2.05, 4.69) is 30.9 Å². The van der Waals surface area contributed by atoms with Gasteiger partial charge in [-0.2, -0.15) is 0 Å². The molecule has 1 fully saturated rings. The molecule has 0 bridgehead atoms. The second-order valence-corrected chi connectivity index (χ2v) is 8.90. The van der Waals surface area contributed by atoms with Crippen molar-refractivity contribution < 1.29 is 14.3 Å². The molecule has 0 aliphatic carbocycles. The van der Waals surface area contributed by atoms with Gasteiger partial charge in [0.25, 0.3) is 5.91 Å². The SMILES string of the molecule is COc1cccc(C(=O)N(CCCN2CCOCC2)c2nc3cc(C)cc(C)c3s2)c1. The van der Waals surface area contributed by atoms with Crippen molar-refractivity contribution in [2.45, 2.75) is 20.3 Å². The molecule has 0 atom stereocenters. The topological polar surface area (TPSA) is 54.9 Å². The van der Waals surface area contributed by atoms with Crippen LogP contribution in [0.4, 0.5) is 5.13 Å². The number of hydrogen-bond acceptors (Lipinski definition) is 6. The number of carbonyl (C=O) groups is 1. The van der Waals surface area contributed by atoms with Gasteiger partial charge in [0.2, 0.25) is 0 Å². The molecule has 0 saturated carbocycles. The zero-order valence-electron chi connectivity index (χ0n) is 18.4. The van der Waals surface area contributed by atoms with Gasteiger partial charge in [-0.1, -0.05) is 23.5 Å². The molecule has 7 heteroatoms. The maximum atomic E-state index is 13.5. The van der Waals surface area contributed by atoms with Crippen LogP contribution in [0.25, 0.3) is 10.2 Å². The number of benzene rings is 2. The summed E-state index contributed by atoms with van der Waals surface area (Å²) >= 11 is 1.59. The number of methoxy groups -OCH3 is 1. The predicted molar refractivity (Wildman–Crippen MR) is 126 cm³/mol. The fraction of sp³-hybridized carbons (Fsp3) is 0.417. The van der Waals surface area contributed by atoms with Crippen LogP contribution in [-0.2, 0) is 4.74 Å². The fourth-order valence-electron chi connectivity index (χ4n) is 3.95. The third-order valence-electron chi connectivity index (χ3n) is 5.56. The van der Waals surface area contributed by atoms with E-state index in [9.17, 15) is 4.79 Å². The van der Waals surface area contributed by atoms with Crippen molar-refractivity contribution in [1.82, 2.24) is 9.88 Å². The lowest BCUT2D eigenvalue weighted by Crippen LogP contribution is -2.39. The van der Waals surface area contributed by atoms with Crippen molar-refractivity contribution in [3.63, 3.8) is 0 Å². The first kappa shape index (κ1) is 21.7. The van der Waals surface area contributed by atoms with Crippen LogP contribution in [0.1, 0.15) is 27.9 Å². The van der Waals surface area contributed by atoms with Crippen LogP contribution in [-0.4, -0.2) is 62.3 Å². The molecule has 1 aliphatic heterocycles. The Hall–Kier alpha value is -2.48. The maximum Gasteiger partial charge on any atom is 0.260 e. The van der Waals surface area contributed by atoms with Crippen LogP contribution < -0.4 is 9.64 Å². The van der Waals surface area contributed by atoms with Gasteiger partial charge in [-0.25, -0.2) is 4.98 Å². The number of fused-ring (bicyclic) bond motifs is 1. The number of rotatable bonds is 7. The van der Waals surface area contributed by atoms with Crippen LogP contribution in [0, 0.1) is 13.8 Å². The predicted octanol–water partition coefficient (Wildman–Crippen LogP) is 4.29. The van der Waals surface area contributed by atoms with Gasteiger partial charge in [-0.3, -0.25) is 14.6 Å². The van der Waals surface area contributed by atoms with Crippen LogP contribution in [0.5, 0.6) is 5.75 Å². The summed E-state index contributed by atoms with van der Waals surface area (Å²) < 4.78 is 11.9. The average Bonchev–Trinajstić information content (AvgIpc) is 3.21. The second-order valence-electron chi connectivity index (χ2n) is 7.92. The minimum atomic E-state index is -0.0469. The first-order valence-corrected chi connectivity index (χ1v) is 11.5. The van der Waals surface area contributed by atoms with E-state index in [-0.39, 0.29) is 5.91 Å². The Balaban J connectivity index is 1.61. The first-order valence-electron chi connectivity index (χ1n) is 10.7. The Morgan fingerprint density at radius 3 is 2.81 bits per heavy atom. The minimum absolute atomic E-state index is 0.0469. The van der Waals surface area contributed by atoms with Gasteiger partial charge in [-0.15, -0.1) is 0 Å². The van der Waals surface area contributed by atoms with Crippen LogP contribution in [0.2, 0.25) is 0 Å². The van der Waals surface area contributed by atoms with Gasteiger partial charge >= 0.3 is 0 Å². The molecule has 0 unspecified atom stereocenters. The molecule has 0 N–H and O–H groups in total. The third-order valence-corrected chi connectivity index (χ3v) is 6.79. The summed E-state index contributed by atoms with van der Waals surface area (Å²) in [6, 6.07) is 11.6. The molecule has 1 aliphatic rings. The molecule has 1 aromatic heterocycles. The summed E-state index contributed by atoms with van der Waals surface area (Å²) in [6.45, 7) is 9.19. The number of nitrogens with zero attached hydrogens (tertiary/aromatic N) is 3. The lowest BCUT2D eigenvalue weighted by atomic mass is 10.1. The lowest BCUT2D eigenvalue weighted by molar-refractivity contribution is 0.0376. The Kier molecular flexibility index (Phi) is 6.85. The highest BCUT2D eigenvalue weighted by atomic mass is 32.1. The van der Waals surface area contributed by atoms with E-state index < -0.39 is 0 Å². The minimum Gasteiger partial charge on any atom is -0.497 e. The Bertz CT molecular complexity index is 1060. The number of aromatic nitrogens is 1. The van der Waals surface area contributed by atoms with Gasteiger partial charge in [0.15, 0.2) is 5.13 Å². The smallest absolute Gasteiger partial charge is 0.260 e. The largest absolute Gasteiger partial charge is 0.497 e.